The summed E-state index contributed by atoms with van der Waals surface area (Å²) in [5, 5.41) is 16.1. The molecule has 1 aliphatic rings. The lowest BCUT2D eigenvalue weighted by Crippen LogP contribution is -2.25. The third-order valence-corrected chi connectivity index (χ3v) is 4.73. The van der Waals surface area contributed by atoms with Gasteiger partial charge in [-0.2, -0.15) is 5.10 Å². The maximum Gasteiger partial charge on any atom is 0.345 e. The summed E-state index contributed by atoms with van der Waals surface area (Å²) in [6.07, 6.45) is 3.05. The molecule has 1 aliphatic heterocycles. The molecule has 4 aromatic rings. The summed E-state index contributed by atoms with van der Waals surface area (Å²) in [7, 11) is 0. The second-order valence-corrected chi connectivity index (χ2v) is 6.89. The Labute approximate surface area is 173 Å². The number of nitrogens with one attached hydrogen (secondary N) is 1. The highest BCUT2D eigenvalue weighted by atomic mass is 19.1. The highest BCUT2D eigenvalue weighted by Gasteiger charge is 2.27. The Morgan fingerprint density at radius 2 is 2.16 bits per heavy atom. The summed E-state index contributed by atoms with van der Waals surface area (Å²) in [5.41, 5.74) is 2.32. The topological polar surface area (TPSA) is 131 Å². The molecule has 1 saturated heterocycles. The van der Waals surface area contributed by atoms with E-state index in [0.717, 1.165) is 10.4 Å². The van der Waals surface area contributed by atoms with Gasteiger partial charge in [0.1, 0.15) is 18.1 Å². The molecule has 3 aromatic heterocycles. The first-order chi connectivity index (χ1) is 15.0. The SMILES string of the molecule is C/C(=N/N1CC(=O)NC1=O)c1cnc2nnn(Cc3cc4cccnc4cc3F)c2n1. The van der Waals surface area contributed by atoms with E-state index in [9.17, 15) is 14.0 Å². The van der Waals surface area contributed by atoms with Crippen molar-refractivity contribution in [2.45, 2.75) is 13.5 Å². The van der Waals surface area contributed by atoms with Crippen molar-refractivity contribution in [3.63, 3.8) is 0 Å². The third kappa shape index (κ3) is 3.43. The maximum absolute atomic E-state index is 14.6. The van der Waals surface area contributed by atoms with Gasteiger partial charge in [-0.15, -0.1) is 5.10 Å². The van der Waals surface area contributed by atoms with Crippen LogP contribution in [0.15, 0.2) is 41.8 Å². The molecular formula is C19H14FN9O2. The van der Waals surface area contributed by atoms with Gasteiger partial charge >= 0.3 is 6.03 Å². The minimum Gasteiger partial charge on any atom is -0.275 e. The number of aromatic nitrogens is 6. The lowest BCUT2D eigenvalue weighted by atomic mass is 10.1. The van der Waals surface area contributed by atoms with Crippen molar-refractivity contribution in [1.82, 2.24) is 40.3 Å². The quantitative estimate of drug-likeness (QED) is 0.389. The first-order valence-electron chi connectivity index (χ1n) is 9.24. The summed E-state index contributed by atoms with van der Waals surface area (Å²) in [6.45, 7) is 1.56. The van der Waals surface area contributed by atoms with Gasteiger partial charge in [0.25, 0.3) is 0 Å². The molecule has 5 rings (SSSR count). The Balaban J connectivity index is 1.49. The standard InChI is InChI=1S/C19H14FN9O2/c1-10(26-29-9-16(30)24-19(29)31)15-7-22-17-18(23-15)28(27-25-17)8-12-5-11-3-2-4-21-14(11)6-13(12)20/h2-7H,8-9H2,1H3,(H,24,30,31)/b26-10-. The molecule has 4 heterocycles. The number of hydrazone groups is 1. The molecule has 0 spiro atoms. The van der Waals surface area contributed by atoms with Crippen LogP contribution >= 0.6 is 0 Å². The van der Waals surface area contributed by atoms with Crippen LogP contribution in [0.5, 0.6) is 0 Å². The van der Waals surface area contributed by atoms with Gasteiger partial charge in [0.15, 0.2) is 5.65 Å². The second kappa shape index (κ2) is 7.16. The van der Waals surface area contributed by atoms with Gasteiger partial charge in [-0.25, -0.2) is 28.8 Å². The van der Waals surface area contributed by atoms with E-state index in [4.69, 9.17) is 0 Å². The molecule has 154 valence electrons. The van der Waals surface area contributed by atoms with E-state index < -0.39 is 17.8 Å². The number of carbonyl (C=O) groups is 2. The molecule has 3 amide bonds. The van der Waals surface area contributed by atoms with E-state index in [1.807, 2.05) is 6.07 Å². The minimum absolute atomic E-state index is 0.0878. The lowest BCUT2D eigenvalue weighted by Gasteiger charge is -2.08. The number of fused-ring (bicyclic) bond motifs is 2. The van der Waals surface area contributed by atoms with Crippen molar-refractivity contribution in [2.24, 2.45) is 5.10 Å². The number of amides is 3. The molecule has 11 nitrogen and oxygen atoms in total. The number of pyridine rings is 1. The first kappa shape index (κ1) is 18.7. The van der Waals surface area contributed by atoms with Crippen LogP contribution in [0.2, 0.25) is 0 Å². The number of imide groups is 1. The number of carbonyl (C=O) groups excluding carboxylic acids is 2. The number of rotatable bonds is 4. The molecule has 0 radical (unpaired) electrons. The molecule has 0 atom stereocenters. The molecule has 0 bridgehead atoms. The van der Waals surface area contributed by atoms with Crippen LogP contribution < -0.4 is 5.32 Å². The summed E-state index contributed by atoms with van der Waals surface area (Å²) in [5.74, 6) is -0.848. The van der Waals surface area contributed by atoms with Gasteiger partial charge in [0.2, 0.25) is 11.6 Å². The van der Waals surface area contributed by atoms with Crippen LogP contribution in [0.1, 0.15) is 18.2 Å². The number of hydrogen-bond donors (Lipinski definition) is 1. The zero-order chi connectivity index (χ0) is 21.5. The number of hydrogen-bond acceptors (Lipinski definition) is 8. The highest BCUT2D eigenvalue weighted by molar-refractivity contribution is 6.04. The fourth-order valence-corrected chi connectivity index (χ4v) is 3.20. The van der Waals surface area contributed by atoms with Gasteiger partial charge < -0.3 is 0 Å². The van der Waals surface area contributed by atoms with E-state index in [2.05, 4.69) is 35.7 Å². The van der Waals surface area contributed by atoms with Crippen molar-refractivity contribution in [3.05, 3.63) is 53.7 Å². The Morgan fingerprint density at radius 1 is 1.29 bits per heavy atom. The van der Waals surface area contributed by atoms with Crippen molar-refractivity contribution in [2.75, 3.05) is 6.54 Å². The van der Waals surface area contributed by atoms with Crippen LogP contribution in [-0.4, -0.2) is 59.1 Å². The van der Waals surface area contributed by atoms with Gasteiger partial charge in [0, 0.05) is 23.2 Å². The molecule has 1 fully saturated rings. The molecule has 0 unspecified atom stereocenters. The van der Waals surface area contributed by atoms with Crippen LogP contribution in [0, 0.1) is 5.82 Å². The zero-order valence-electron chi connectivity index (χ0n) is 16.2. The van der Waals surface area contributed by atoms with E-state index in [1.54, 1.807) is 25.3 Å². The monoisotopic (exact) mass is 419 g/mol. The van der Waals surface area contributed by atoms with Gasteiger partial charge in [-0.3, -0.25) is 15.1 Å². The van der Waals surface area contributed by atoms with Gasteiger partial charge in [-0.1, -0.05) is 11.3 Å². The van der Waals surface area contributed by atoms with E-state index in [-0.39, 0.29) is 18.7 Å². The Hall–Kier alpha value is -4.35. The van der Waals surface area contributed by atoms with E-state index >= 15 is 0 Å². The van der Waals surface area contributed by atoms with E-state index in [0.29, 0.717) is 28.1 Å². The number of urea groups is 1. The van der Waals surface area contributed by atoms with Crippen LogP contribution in [0.4, 0.5) is 9.18 Å². The largest absolute Gasteiger partial charge is 0.345 e. The van der Waals surface area contributed by atoms with Crippen LogP contribution in [-0.2, 0) is 11.3 Å². The van der Waals surface area contributed by atoms with Crippen molar-refractivity contribution < 1.29 is 14.0 Å². The molecule has 0 aliphatic carbocycles. The smallest absolute Gasteiger partial charge is 0.275 e. The van der Waals surface area contributed by atoms with Gasteiger partial charge in [0.05, 0.1) is 24.0 Å². The first-order valence-corrected chi connectivity index (χ1v) is 9.24. The molecule has 12 heteroatoms. The Morgan fingerprint density at radius 3 is 2.97 bits per heavy atom. The summed E-state index contributed by atoms with van der Waals surface area (Å²) >= 11 is 0. The highest BCUT2D eigenvalue weighted by Crippen LogP contribution is 2.19. The molecule has 0 saturated carbocycles. The predicted octanol–water partition coefficient (Wildman–Crippen LogP) is 1.23. The summed E-state index contributed by atoms with van der Waals surface area (Å²) < 4.78 is 16.0. The molecule has 1 aromatic carbocycles. The molecule has 31 heavy (non-hydrogen) atoms. The van der Waals surface area contributed by atoms with Crippen LogP contribution in [0.3, 0.4) is 0 Å². The predicted molar refractivity (Wildman–Crippen MR) is 106 cm³/mol. The Bertz CT molecular complexity index is 1400. The maximum atomic E-state index is 14.6. The van der Waals surface area contributed by atoms with Crippen molar-refractivity contribution >= 4 is 39.8 Å². The number of halogens is 1. The zero-order valence-corrected chi connectivity index (χ0v) is 16.2. The van der Waals surface area contributed by atoms with Crippen molar-refractivity contribution in [3.8, 4) is 0 Å². The second-order valence-electron chi connectivity index (χ2n) is 6.89. The third-order valence-electron chi connectivity index (χ3n) is 4.73. The fraction of sp³-hybridized carbons (Fsp3) is 0.158. The average molecular weight is 419 g/mol. The van der Waals surface area contributed by atoms with Crippen molar-refractivity contribution in [1.29, 1.82) is 0 Å². The number of benzene rings is 1. The molecule has 1 N–H and O–H groups in total. The normalized spacial score (nSPS) is 14.6. The van der Waals surface area contributed by atoms with E-state index in [1.165, 1.54) is 16.9 Å². The molecular weight excluding hydrogens is 405 g/mol. The minimum atomic E-state index is -0.605. The number of nitrogens with zero attached hydrogens (tertiary/aromatic N) is 8. The Kier molecular flexibility index (Phi) is 4.31. The fourth-order valence-electron chi connectivity index (χ4n) is 3.20. The average Bonchev–Trinajstić information content (AvgIpc) is 3.30. The van der Waals surface area contributed by atoms with Gasteiger partial charge in [-0.05, 0) is 19.1 Å². The lowest BCUT2D eigenvalue weighted by molar-refractivity contribution is -0.118. The summed E-state index contributed by atoms with van der Waals surface area (Å²) in [6, 6.07) is 6.11. The van der Waals surface area contributed by atoms with Crippen LogP contribution in [0.25, 0.3) is 22.2 Å². The summed E-state index contributed by atoms with van der Waals surface area (Å²) in [4.78, 5) is 35.9.